The first-order valence-electron chi connectivity index (χ1n) is 6.93. The summed E-state index contributed by atoms with van der Waals surface area (Å²) in [5.41, 5.74) is 2.24. The van der Waals surface area contributed by atoms with E-state index in [0.29, 0.717) is 5.92 Å². The molecule has 4 rings (SSSR count). The van der Waals surface area contributed by atoms with Gasteiger partial charge in [-0.25, -0.2) is 9.97 Å². The predicted molar refractivity (Wildman–Crippen MR) is 75.8 cm³/mol. The minimum atomic E-state index is 0.598. The molecule has 0 bridgehead atoms. The van der Waals surface area contributed by atoms with Crippen molar-refractivity contribution in [2.45, 2.75) is 12.8 Å². The van der Waals surface area contributed by atoms with Crippen molar-refractivity contribution in [3.8, 4) is 5.82 Å². The molecule has 1 atom stereocenters. The smallest absolute Gasteiger partial charge is 0.145 e. The van der Waals surface area contributed by atoms with Crippen LogP contribution in [0.4, 0.5) is 0 Å². The minimum Gasteiger partial charge on any atom is -0.381 e. The van der Waals surface area contributed by atoms with Gasteiger partial charge >= 0.3 is 0 Å². The third-order valence-corrected chi connectivity index (χ3v) is 3.88. The van der Waals surface area contributed by atoms with Gasteiger partial charge in [-0.3, -0.25) is 4.57 Å². The number of hydrogen-bond acceptors (Lipinski definition) is 3. The number of imidazole rings is 1. The number of fused-ring (bicyclic) bond motifs is 1. The molecule has 3 aromatic heterocycles. The van der Waals surface area contributed by atoms with Crippen LogP contribution in [-0.4, -0.2) is 32.7 Å². The summed E-state index contributed by atoms with van der Waals surface area (Å²) in [4.78, 5) is 11.8. The van der Waals surface area contributed by atoms with Gasteiger partial charge in [0.25, 0.3) is 0 Å². The van der Waals surface area contributed by atoms with Crippen molar-refractivity contribution in [1.82, 2.24) is 19.5 Å². The Morgan fingerprint density at radius 2 is 2.45 bits per heavy atom. The molecule has 102 valence electrons. The van der Waals surface area contributed by atoms with Gasteiger partial charge in [0.15, 0.2) is 0 Å². The Morgan fingerprint density at radius 3 is 3.25 bits per heavy atom. The number of aromatic amines is 1. The number of nitrogens with zero attached hydrogens (tertiary/aromatic N) is 3. The largest absolute Gasteiger partial charge is 0.381 e. The molecule has 1 saturated heterocycles. The maximum Gasteiger partial charge on any atom is 0.145 e. The molecule has 1 N–H and O–H groups in total. The van der Waals surface area contributed by atoms with Crippen molar-refractivity contribution in [1.29, 1.82) is 0 Å². The fourth-order valence-electron chi connectivity index (χ4n) is 2.92. The zero-order valence-corrected chi connectivity index (χ0v) is 11.1. The number of ether oxygens (including phenoxy) is 1. The van der Waals surface area contributed by atoms with Gasteiger partial charge in [0.2, 0.25) is 0 Å². The lowest BCUT2D eigenvalue weighted by Crippen LogP contribution is -2.09. The van der Waals surface area contributed by atoms with Crippen molar-refractivity contribution < 1.29 is 4.74 Å². The Labute approximate surface area is 116 Å². The Kier molecular flexibility index (Phi) is 2.77. The Balaban J connectivity index is 1.83. The van der Waals surface area contributed by atoms with Gasteiger partial charge in [-0.1, -0.05) is 0 Å². The van der Waals surface area contributed by atoms with E-state index in [1.54, 1.807) is 6.33 Å². The highest BCUT2D eigenvalue weighted by Crippen LogP contribution is 2.26. The fourth-order valence-corrected chi connectivity index (χ4v) is 2.92. The average Bonchev–Trinajstić information content (AvgIpc) is 3.18. The maximum absolute atomic E-state index is 5.49. The van der Waals surface area contributed by atoms with Crippen molar-refractivity contribution in [3.63, 3.8) is 0 Å². The van der Waals surface area contributed by atoms with E-state index in [9.17, 15) is 0 Å². The van der Waals surface area contributed by atoms with Crippen LogP contribution in [0.3, 0.4) is 0 Å². The minimum absolute atomic E-state index is 0.598. The second kappa shape index (κ2) is 4.76. The van der Waals surface area contributed by atoms with Crippen molar-refractivity contribution in [2.24, 2.45) is 5.92 Å². The molecule has 0 aromatic carbocycles. The molecule has 0 amide bonds. The molecule has 20 heavy (non-hydrogen) atoms. The quantitative estimate of drug-likeness (QED) is 0.793. The second-order valence-corrected chi connectivity index (χ2v) is 5.26. The van der Waals surface area contributed by atoms with Gasteiger partial charge < -0.3 is 9.72 Å². The summed E-state index contributed by atoms with van der Waals surface area (Å²) in [5, 5.41) is 1.16. The number of hydrogen-bond donors (Lipinski definition) is 1. The molecule has 0 aliphatic carbocycles. The molecule has 5 nitrogen and oxygen atoms in total. The normalized spacial score (nSPS) is 18.9. The van der Waals surface area contributed by atoms with Crippen LogP contribution in [-0.2, 0) is 11.2 Å². The van der Waals surface area contributed by atoms with Crippen molar-refractivity contribution >= 4 is 11.0 Å². The van der Waals surface area contributed by atoms with E-state index in [0.717, 1.165) is 42.9 Å². The lowest BCUT2D eigenvalue weighted by Gasteiger charge is -2.10. The van der Waals surface area contributed by atoms with E-state index in [1.807, 2.05) is 18.5 Å². The molecule has 0 saturated carbocycles. The van der Waals surface area contributed by atoms with Crippen LogP contribution in [0.1, 0.15) is 12.1 Å². The maximum atomic E-state index is 5.49. The van der Waals surface area contributed by atoms with Gasteiger partial charge in [-0.2, -0.15) is 0 Å². The van der Waals surface area contributed by atoms with E-state index in [4.69, 9.17) is 4.74 Å². The molecule has 5 heteroatoms. The van der Waals surface area contributed by atoms with Crippen molar-refractivity contribution in [3.05, 3.63) is 42.6 Å². The van der Waals surface area contributed by atoms with Crippen LogP contribution >= 0.6 is 0 Å². The van der Waals surface area contributed by atoms with Gasteiger partial charge in [-0.15, -0.1) is 0 Å². The summed E-state index contributed by atoms with van der Waals surface area (Å²) >= 11 is 0. The first-order valence-corrected chi connectivity index (χ1v) is 6.93. The molecular weight excluding hydrogens is 252 g/mol. The fraction of sp³-hybridized carbons (Fsp3) is 0.333. The zero-order chi connectivity index (χ0) is 13.4. The third-order valence-electron chi connectivity index (χ3n) is 3.88. The van der Waals surface area contributed by atoms with Crippen LogP contribution in [0.5, 0.6) is 0 Å². The molecule has 4 heterocycles. The lowest BCUT2D eigenvalue weighted by molar-refractivity contribution is 0.185. The first kappa shape index (κ1) is 11.7. The van der Waals surface area contributed by atoms with Crippen LogP contribution in [0.2, 0.25) is 0 Å². The topological polar surface area (TPSA) is 55.7 Å². The molecule has 1 aliphatic heterocycles. The molecule has 1 unspecified atom stereocenters. The molecule has 0 radical (unpaired) electrons. The van der Waals surface area contributed by atoms with E-state index >= 15 is 0 Å². The Bertz CT molecular complexity index is 711. The van der Waals surface area contributed by atoms with Crippen LogP contribution < -0.4 is 0 Å². The van der Waals surface area contributed by atoms with Gasteiger partial charge in [0, 0.05) is 30.5 Å². The summed E-state index contributed by atoms with van der Waals surface area (Å²) in [6, 6.07) is 6.30. The summed E-state index contributed by atoms with van der Waals surface area (Å²) < 4.78 is 7.66. The third kappa shape index (κ3) is 1.91. The van der Waals surface area contributed by atoms with Gasteiger partial charge in [0.1, 0.15) is 11.5 Å². The Morgan fingerprint density at radius 1 is 1.45 bits per heavy atom. The molecule has 1 fully saturated rings. The van der Waals surface area contributed by atoms with Crippen LogP contribution in [0, 0.1) is 5.92 Å². The SMILES string of the molecule is c1cnc2c(c1)cc(CC1CCOC1)n2-c1cnc[nH]1. The highest BCUT2D eigenvalue weighted by atomic mass is 16.5. The van der Waals surface area contributed by atoms with E-state index in [2.05, 4.69) is 31.7 Å². The van der Waals surface area contributed by atoms with Crippen molar-refractivity contribution in [2.75, 3.05) is 13.2 Å². The molecule has 3 aromatic rings. The highest BCUT2D eigenvalue weighted by molar-refractivity contribution is 5.79. The molecule has 0 spiro atoms. The van der Waals surface area contributed by atoms with E-state index in [-0.39, 0.29) is 0 Å². The van der Waals surface area contributed by atoms with Gasteiger partial charge in [-0.05, 0) is 37.0 Å². The summed E-state index contributed by atoms with van der Waals surface area (Å²) in [5.74, 6) is 1.56. The summed E-state index contributed by atoms with van der Waals surface area (Å²) in [6.45, 7) is 1.74. The standard InChI is InChI=1S/C15H16N4O/c1-2-12-7-13(6-11-3-5-20-9-11)19(15(12)17-4-1)14-8-16-10-18-14/h1-2,4,7-8,10-11H,3,5-6,9H2,(H,16,18). The summed E-state index contributed by atoms with van der Waals surface area (Å²) in [6.07, 6.45) is 7.51. The number of H-pyrrole nitrogens is 1. The Hall–Kier alpha value is -2.14. The van der Waals surface area contributed by atoms with Crippen LogP contribution in [0.15, 0.2) is 36.9 Å². The molecule has 1 aliphatic rings. The number of rotatable bonds is 3. The highest BCUT2D eigenvalue weighted by Gasteiger charge is 2.20. The first-order chi connectivity index (χ1) is 9.92. The van der Waals surface area contributed by atoms with Gasteiger partial charge in [0.05, 0.1) is 12.5 Å². The van der Waals surface area contributed by atoms with Crippen LogP contribution in [0.25, 0.3) is 16.9 Å². The zero-order valence-electron chi connectivity index (χ0n) is 11.1. The second-order valence-electron chi connectivity index (χ2n) is 5.26. The lowest BCUT2D eigenvalue weighted by atomic mass is 10.0. The predicted octanol–water partition coefficient (Wildman–Crippen LogP) is 2.33. The number of nitrogens with one attached hydrogen (secondary N) is 1. The number of aromatic nitrogens is 4. The average molecular weight is 268 g/mol. The van der Waals surface area contributed by atoms with E-state index in [1.165, 1.54) is 5.69 Å². The van der Waals surface area contributed by atoms with E-state index < -0.39 is 0 Å². The summed E-state index contributed by atoms with van der Waals surface area (Å²) in [7, 11) is 0. The number of pyridine rings is 1. The molecular formula is C15H16N4O. The monoisotopic (exact) mass is 268 g/mol.